The van der Waals surface area contributed by atoms with Crippen LogP contribution in [0.2, 0.25) is 0 Å². The number of hydrogen-bond donors (Lipinski definition) is 1. The Hall–Kier alpha value is -2.72. The molecule has 1 aliphatic rings. The van der Waals surface area contributed by atoms with Gasteiger partial charge in [0.1, 0.15) is 23.0 Å². The standard InChI is InChI=1S/C21H23NO3/c1-13-10-18(15-6-8-17(24-5)9-7-15)19-11-16(12-22(3)4)20(23)14(2)21(19)25-13/h6-11,23H,1,12H2,2-5H3. The maximum atomic E-state index is 10.5. The van der Waals surface area contributed by atoms with Crippen LogP contribution in [0.5, 0.6) is 17.2 Å². The Morgan fingerprint density at radius 2 is 1.88 bits per heavy atom. The molecule has 1 heterocycles. The van der Waals surface area contributed by atoms with E-state index in [4.69, 9.17) is 9.47 Å². The molecule has 130 valence electrons. The topological polar surface area (TPSA) is 41.9 Å². The van der Waals surface area contributed by atoms with E-state index in [1.54, 1.807) is 7.11 Å². The van der Waals surface area contributed by atoms with Gasteiger partial charge in [0.25, 0.3) is 0 Å². The summed E-state index contributed by atoms with van der Waals surface area (Å²) in [4.78, 5) is 2.03. The number of methoxy groups -OCH3 is 1. The maximum Gasteiger partial charge on any atom is 0.141 e. The van der Waals surface area contributed by atoms with Crippen LogP contribution in [-0.4, -0.2) is 31.2 Å². The third kappa shape index (κ3) is 3.26. The second-order valence-corrected chi connectivity index (χ2v) is 6.48. The summed E-state index contributed by atoms with van der Waals surface area (Å²) in [6.07, 6.45) is 1.93. The zero-order chi connectivity index (χ0) is 18.1. The molecular formula is C21H23NO3. The molecule has 0 bridgehead atoms. The van der Waals surface area contributed by atoms with Crippen molar-refractivity contribution >= 4 is 5.57 Å². The Kier molecular flexibility index (Phi) is 4.55. The summed E-state index contributed by atoms with van der Waals surface area (Å²) in [5.41, 5.74) is 4.64. The Balaban J connectivity index is 2.16. The highest BCUT2D eigenvalue weighted by Gasteiger charge is 2.23. The summed E-state index contributed by atoms with van der Waals surface area (Å²) in [6, 6.07) is 9.89. The van der Waals surface area contributed by atoms with Crippen LogP contribution in [0.15, 0.2) is 48.7 Å². The molecule has 2 aromatic carbocycles. The average Bonchev–Trinajstić information content (AvgIpc) is 2.59. The highest BCUT2D eigenvalue weighted by Crippen LogP contribution is 2.44. The number of fused-ring (bicyclic) bond motifs is 1. The van der Waals surface area contributed by atoms with Crippen molar-refractivity contribution in [2.75, 3.05) is 21.2 Å². The van der Waals surface area contributed by atoms with Crippen LogP contribution in [0, 0.1) is 6.92 Å². The lowest BCUT2D eigenvalue weighted by Gasteiger charge is -2.24. The minimum Gasteiger partial charge on any atom is -0.507 e. The molecule has 0 amide bonds. The predicted octanol–water partition coefficient (Wildman–Crippen LogP) is 4.11. The Labute approximate surface area is 148 Å². The van der Waals surface area contributed by atoms with Gasteiger partial charge in [0.05, 0.1) is 7.11 Å². The maximum absolute atomic E-state index is 10.5. The number of aromatic hydroxyl groups is 1. The third-order valence-corrected chi connectivity index (χ3v) is 4.28. The van der Waals surface area contributed by atoms with Crippen molar-refractivity contribution in [1.82, 2.24) is 4.90 Å². The van der Waals surface area contributed by atoms with Crippen molar-refractivity contribution in [3.8, 4) is 17.2 Å². The van der Waals surface area contributed by atoms with Crippen LogP contribution in [0.3, 0.4) is 0 Å². The van der Waals surface area contributed by atoms with Crippen LogP contribution >= 0.6 is 0 Å². The lowest BCUT2D eigenvalue weighted by molar-refractivity contribution is 0.380. The van der Waals surface area contributed by atoms with E-state index in [1.165, 1.54) is 0 Å². The number of allylic oxidation sites excluding steroid dienone is 1. The molecule has 3 rings (SSSR count). The van der Waals surface area contributed by atoms with Crippen molar-refractivity contribution < 1.29 is 14.6 Å². The van der Waals surface area contributed by atoms with Gasteiger partial charge in [-0.2, -0.15) is 0 Å². The van der Waals surface area contributed by atoms with Gasteiger partial charge in [-0.15, -0.1) is 0 Å². The number of benzene rings is 2. The van der Waals surface area contributed by atoms with Crippen LogP contribution in [-0.2, 0) is 6.54 Å². The second kappa shape index (κ2) is 6.65. The lowest BCUT2D eigenvalue weighted by atomic mass is 9.91. The quantitative estimate of drug-likeness (QED) is 0.912. The normalized spacial score (nSPS) is 13.3. The summed E-state index contributed by atoms with van der Waals surface area (Å²) in [5, 5.41) is 10.5. The largest absolute Gasteiger partial charge is 0.507 e. The number of nitrogens with zero attached hydrogens (tertiary/aromatic N) is 1. The molecule has 0 aromatic heterocycles. The van der Waals surface area contributed by atoms with Gasteiger partial charge in [0, 0.05) is 23.2 Å². The fourth-order valence-corrected chi connectivity index (χ4v) is 3.06. The molecular weight excluding hydrogens is 314 g/mol. The monoisotopic (exact) mass is 337 g/mol. The van der Waals surface area contributed by atoms with Gasteiger partial charge in [-0.1, -0.05) is 18.7 Å². The number of rotatable bonds is 4. The number of hydrogen-bond acceptors (Lipinski definition) is 4. The van der Waals surface area contributed by atoms with E-state index in [9.17, 15) is 5.11 Å². The zero-order valence-electron chi connectivity index (χ0n) is 15.1. The molecule has 0 aliphatic carbocycles. The van der Waals surface area contributed by atoms with E-state index in [0.717, 1.165) is 33.6 Å². The first-order valence-corrected chi connectivity index (χ1v) is 8.14. The average molecular weight is 337 g/mol. The van der Waals surface area contributed by atoms with E-state index in [-0.39, 0.29) is 5.75 Å². The summed E-state index contributed by atoms with van der Waals surface area (Å²) in [5.74, 6) is 2.31. The summed E-state index contributed by atoms with van der Waals surface area (Å²) in [7, 11) is 5.61. The highest BCUT2D eigenvalue weighted by atomic mass is 16.5. The second-order valence-electron chi connectivity index (χ2n) is 6.48. The molecule has 0 spiro atoms. The van der Waals surface area contributed by atoms with Crippen molar-refractivity contribution in [2.24, 2.45) is 0 Å². The van der Waals surface area contributed by atoms with Gasteiger partial charge in [-0.05, 0) is 56.4 Å². The molecule has 0 saturated carbocycles. The van der Waals surface area contributed by atoms with E-state index in [0.29, 0.717) is 18.1 Å². The van der Waals surface area contributed by atoms with Crippen LogP contribution < -0.4 is 9.47 Å². The van der Waals surface area contributed by atoms with Crippen molar-refractivity contribution in [2.45, 2.75) is 13.5 Å². The number of phenolic OH excluding ortho intramolecular Hbond substituents is 1. The first kappa shape index (κ1) is 17.1. The highest BCUT2D eigenvalue weighted by molar-refractivity contribution is 5.87. The molecule has 0 radical (unpaired) electrons. The van der Waals surface area contributed by atoms with Crippen molar-refractivity contribution in [3.05, 3.63) is 71.0 Å². The molecule has 1 aliphatic heterocycles. The summed E-state index contributed by atoms with van der Waals surface area (Å²) < 4.78 is 11.1. The van der Waals surface area contributed by atoms with Crippen LogP contribution in [0.4, 0.5) is 0 Å². The molecule has 2 aromatic rings. The molecule has 0 atom stereocenters. The SMILES string of the molecule is C=C1C=C(c2ccc(OC)cc2)c2cc(CN(C)C)c(O)c(C)c2O1. The fourth-order valence-electron chi connectivity index (χ4n) is 3.06. The Morgan fingerprint density at radius 1 is 1.20 bits per heavy atom. The zero-order valence-corrected chi connectivity index (χ0v) is 15.1. The van der Waals surface area contributed by atoms with Crippen LogP contribution in [0.25, 0.3) is 5.57 Å². The molecule has 4 nitrogen and oxygen atoms in total. The van der Waals surface area contributed by atoms with Crippen LogP contribution in [0.1, 0.15) is 22.3 Å². The van der Waals surface area contributed by atoms with Gasteiger partial charge in [0.2, 0.25) is 0 Å². The Morgan fingerprint density at radius 3 is 2.48 bits per heavy atom. The lowest BCUT2D eigenvalue weighted by Crippen LogP contribution is -2.13. The van der Waals surface area contributed by atoms with Crippen molar-refractivity contribution in [1.29, 1.82) is 0 Å². The minimum atomic E-state index is 0.274. The van der Waals surface area contributed by atoms with E-state index >= 15 is 0 Å². The van der Waals surface area contributed by atoms with E-state index < -0.39 is 0 Å². The van der Waals surface area contributed by atoms with E-state index in [1.807, 2.05) is 62.3 Å². The van der Waals surface area contributed by atoms with Crippen molar-refractivity contribution in [3.63, 3.8) is 0 Å². The van der Waals surface area contributed by atoms with Gasteiger partial charge >= 0.3 is 0 Å². The molecule has 4 heteroatoms. The molecule has 0 fully saturated rings. The van der Waals surface area contributed by atoms with Gasteiger partial charge in [-0.25, -0.2) is 0 Å². The van der Waals surface area contributed by atoms with Gasteiger partial charge < -0.3 is 19.5 Å². The minimum absolute atomic E-state index is 0.274. The summed E-state index contributed by atoms with van der Waals surface area (Å²) in [6.45, 7) is 6.47. The first-order valence-electron chi connectivity index (χ1n) is 8.14. The fraction of sp³-hybridized carbons (Fsp3) is 0.238. The first-order chi connectivity index (χ1) is 11.9. The Bertz CT molecular complexity index is 848. The molecule has 25 heavy (non-hydrogen) atoms. The summed E-state index contributed by atoms with van der Waals surface area (Å²) >= 11 is 0. The molecule has 0 saturated heterocycles. The number of phenols is 1. The third-order valence-electron chi connectivity index (χ3n) is 4.28. The molecule has 1 N–H and O–H groups in total. The smallest absolute Gasteiger partial charge is 0.141 e. The predicted molar refractivity (Wildman–Crippen MR) is 100 cm³/mol. The number of ether oxygens (including phenoxy) is 2. The van der Waals surface area contributed by atoms with Gasteiger partial charge in [0.15, 0.2) is 0 Å². The van der Waals surface area contributed by atoms with E-state index in [2.05, 4.69) is 6.58 Å². The van der Waals surface area contributed by atoms with Gasteiger partial charge in [-0.3, -0.25) is 0 Å². The molecule has 0 unspecified atom stereocenters.